The van der Waals surface area contributed by atoms with Crippen LogP contribution in [0.1, 0.15) is 194 Å². The van der Waals surface area contributed by atoms with Gasteiger partial charge in [0, 0.05) is 12.8 Å². The SMILES string of the molecule is CCCCCCCC/C=C\CCCCCCCC(=O)OCC(O)C(OC(=O)CCCCCCC/C=C\CCCCCCCC)S(N)(=O)=O. The van der Waals surface area contributed by atoms with Gasteiger partial charge in [0.2, 0.25) is 15.5 Å². The molecule has 0 rings (SSSR count). The second kappa shape index (κ2) is 33.8. The van der Waals surface area contributed by atoms with Crippen molar-refractivity contribution in [2.75, 3.05) is 6.61 Å². The number of rotatable bonds is 35. The van der Waals surface area contributed by atoms with Gasteiger partial charge in [-0.3, -0.25) is 9.59 Å². The van der Waals surface area contributed by atoms with Crippen molar-refractivity contribution in [1.82, 2.24) is 0 Å². The fourth-order valence-electron chi connectivity index (χ4n) is 5.56. The van der Waals surface area contributed by atoms with Gasteiger partial charge in [0.15, 0.2) is 0 Å². The molecule has 48 heavy (non-hydrogen) atoms. The zero-order chi connectivity index (χ0) is 35.6. The lowest BCUT2D eigenvalue weighted by Crippen LogP contribution is -2.44. The molecule has 2 atom stereocenters. The number of carbonyl (C=O) groups is 2. The van der Waals surface area contributed by atoms with Crippen molar-refractivity contribution in [2.45, 2.75) is 205 Å². The molecule has 0 spiro atoms. The summed E-state index contributed by atoms with van der Waals surface area (Å²) in [5.74, 6) is -1.27. The van der Waals surface area contributed by atoms with Gasteiger partial charge in [0.25, 0.3) is 0 Å². The molecule has 0 saturated carbocycles. The number of primary sulfonamides is 1. The summed E-state index contributed by atoms with van der Waals surface area (Å²) in [6, 6.07) is 0. The highest BCUT2D eigenvalue weighted by Crippen LogP contribution is 2.14. The van der Waals surface area contributed by atoms with Gasteiger partial charge in [-0.2, -0.15) is 0 Å². The minimum atomic E-state index is -4.41. The first-order valence-electron chi connectivity index (χ1n) is 19.6. The normalized spacial score (nSPS) is 13.3. The van der Waals surface area contributed by atoms with Gasteiger partial charge in [0.05, 0.1) is 0 Å². The molecule has 0 aromatic heterocycles. The number of hydrogen-bond donors (Lipinski definition) is 2. The Bertz CT molecular complexity index is 919. The Labute approximate surface area is 295 Å². The molecule has 9 heteroatoms. The van der Waals surface area contributed by atoms with E-state index in [-0.39, 0.29) is 12.8 Å². The number of unbranched alkanes of at least 4 members (excludes halogenated alkanes) is 22. The number of allylic oxidation sites excluding steroid dienone is 4. The van der Waals surface area contributed by atoms with E-state index in [1.807, 2.05) is 0 Å². The molecule has 282 valence electrons. The van der Waals surface area contributed by atoms with E-state index < -0.39 is 40.1 Å². The van der Waals surface area contributed by atoms with Crippen LogP contribution in [-0.4, -0.2) is 43.6 Å². The lowest BCUT2D eigenvalue weighted by Gasteiger charge is -2.21. The topological polar surface area (TPSA) is 133 Å². The molecular formula is C39H73NO7S. The van der Waals surface area contributed by atoms with Crippen molar-refractivity contribution in [3.05, 3.63) is 24.3 Å². The van der Waals surface area contributed by atoms with Gasteiger partial charge in [-0.15, -0.1) is 0 Å². The quantitative estimate of drug-likeness (QED) is 0.0382. The Morgan fingerprint density at radius 2 is 0.896 bits per heavy atom. The highest BCUT2D eigenvalue weighted by atomic mass is 32.2. The van der Waals surface area contributed by atoms with Crippen LogP contribution in [0.3, 0.4) is 0 Å². The molecule has 0 fully saturated rings. The van der Waals surface area contributed by atoms with Gasteiger partial charge >= 0.3 is 11.9 Å². The van der Waals surface area contributed by atoms with Crippen LogP contribution in [0, 0.1) is 0 Å². The third-order valence-electron chi connectivity index (χ3n) is 8.59. The average Bonchev–Trinajstić information content (AvgIpc) is 3.05. The summed E-state index contributed by atoms with van der Waals surface area (Å²) in [5, 5.41) is 15.5. The third-order valence-corrected chi connectivity index (χ3v) is 9.64. The first kappa shape index (κ1) is 46.3. The zero-order valence-electron chi connectivity index (χ0n) is 30.9. The molecule has 0 aromatic rings. The fourth-order valence-corrected chi connectivity index (χ4v) is 6.32. The highest BCUT2D eigenvalue weighted by Gasteiger charge is 2.34. The largest absolute Gasteiger partial charge is 0.463 e. The Morgan fingerprint density at radius 1 is 0.562 bits per heavy atom. The van der Waals surface area contributed by atoms with Crippen molar-refractivity contribution in [1.29, 1.82) is 0 Å². The summed E-state index contributed by atoms with van der Waals surface area (Å²) in [5.41, 5.74) is -1.97. The number of aliphatic hydroxyl groups excluding tert-OH is 1. The Morgan fingerprint density at radius 3 is 1.27 bits per heavy atom. The second-order valence-electron chi connectivity index (χ2n) is 13.4. The number of ether oxygens (including phenoxy) is 2. The smallest absolute Gasteiger partial charge is 0.307 e. The first-order valence-corrected chi connectivity index (χ1v) is 21.2. The molecule has 0 aliphatic rings. The first-order chi connectivity index (χ1) is 23.2. The number of nitrogens with two attached hydrogens (primary N) is 1. The van der Waals surface area contributed by atoms with Crippen LogP contribution in [-0.2, 0) is 29.1 Å². The van der Waals surface area contributed by atoms with Crippen LogP contribution < -0.4 is 5.14 Å². The second-order valence-corrected chi connectivity index (χ2v) is 15.0. The molecule has 2 unspecified atom stereocenters. The Balaban J connectivity index is 3.94. The summed E-state index contributed by atoms with van der Waals surface area (Å²) >= 11 is 0. The number of esters is 2. The molecule has 8 nitrogen and oxygen atoms in total. The minimum absolute atomic E-state index is 0.0339. The van der Waals surface area contributed by atoms with Crippen molar-refractivity contribution in [3.8, 4) is 0 Å². The van der Waals surface area contributed by atoms with E-state index in [1.54, 1.807) is 0 Å². The van der Waals surface area contributed by atoms with E-state index in [4.69, 9.17) is 14.6 Å². The summed E-state index contributed by atoms with van der Waals surface area (Å²) < 4.78 is 34.0. The molecule has 0 heterocycles. The maximum atomic E-state index is 12.3. The molecular weight excluding hydrogens is 626 g/mol. The predicted octanol–water partition coefficient (Wildman–Crippen LogP) is 10.1. The van der Waals surface area contributed by atoms with Crippen LogP contribution in [0.4, 0.5) is 0 Å². The van der Waals surface area contributed by atoms with Crippen molar-refractivity contribution >= 4 is 22.0 Å². The number of hydrogen-bond acceptors (Lipinski definition) is 7. The molecule has 0 radical (unpaired) electrons. The van der Waals surface area contributed by atoms with Gasteiger partial charge in [-0.1, -0.05) is 141 Å². The monoisotopic (exact) mass is 700 g/mol. The van der Waals surface area contributed by atoms with Gasteiger partial charge in [-0.25, -0.2) is 13.6 Å². The van der Waals surface area contributed by atoms with Crippen LogP contribution in [0.15, 0.2) is 24.3 Å². The lowest BCUT2D eigenvalue weighted by molar-refractivity contribution is -0.155. The predicted molar refractivity (Wildman–Crippen MR) is 199 cm³/mol. The van der Waals surface area contributed by atoms with Crippen LogP contribution in [0.25, 0.3) is 0 Å². The third kappa shape index (κ3) is 31.6. The van der Waals surface area contributed by atoms with Gasteiger partial charge < -0.3 is 14.6 Å². The van der Waals surface area contributed by atoms with Crippen molar-refractivity contribution < 1.29 is 32.6 Å². The van der Waals surface area contributed by atoms with E-state index in [0.717, 1.165) is 70.6 Å². The van der Waals surface area contributed by atoms with Crippen LogP contribution in [0.5, 0.6) is 0 Å². The highest BCUT2D eigenvalue weighted by molar-refractivity contribution is 7.89. The number of aliphatic hydroxyl groups is 1. The standard InChI is InChI=1S/C39H73NO7S/c1-3-5-7-9-11-13-15-17-19-21-23-25-27-29-31-33-37(42)46-35-36(41)39(48(40,44)45)47-38(43)34-32-30-28-26-24-22-20-18-16-14-12-10-8-6-4-2/h17-20,36,39,41H,3-16,21-35H2,1-2H3,(H2,40,44,45)/b19-17-,20-18-. The zero-order valence-corrected chi connectivity index (χ0v) is 31.7. The molecule has 0 aromatic carbocycles. The molecule has 0 bridgehead atoms. The molecule has 0 aliphatic heterocycles. The van der Waals surface area contributed by atoms with Crippen molar-refractivity contribution in [2.24, 2.45) is 5.14 Å². The lowest BCUT2D eigenvalue weighted by atomic mass is 10.1. The molecule has 0 aliphatic carbocycles. The molecule has 0 amide bonds. The van der Waals surface area contributed by atoms with Gasteiger partial charge in [0.1, 0.15) is 12.7 Å². The van der Waals surface area contributed by atoms with Crippen LogP contribution in [0.2, 0.25) is 0 Å². The summed E-state index contributed by atoms with van der Waals surface area (Å²) in [6.07, 6.45) is 37.2. The summed E-state index contributed by atoms with van der Waals surface area (Å²) in [7, 11) is -4.41. The maximum Gasteiger partial charge on any atom is 0.307 e. The van der Waals surface area contributed by atoms with E-state index in [1.165, 1.54) is 83.5 Å². The maximum absolute atomic E-state index is 12.3. The fraction of sp³-hybridized carbons (Fsp3) is 0.846. The van der Waals surface area contributed by atoms with E-state index in [2.05, 4.69) is 38.2 Å². The van der Waals surface area contributed by atoms with Crippen molar-refractivity contribution in [3.63, 3.8) is 0 Å². The Kier molecular flexibility index (Phi) is 32.6. The Hall–Kier alpha value is -1.71. The van der Waals surface area contributed by atoms with Crippen LogP contribution >= 0.6 is 0 Å². The van der Waals surface area contributed by atoms with E-state index in [9.17, 15) is 23.1 Å². The molecule has 0 saturated heterocycles. The summed E-state index contributed by atoms with van der Waals surface area (Å²) in [4.78, 5) is 24.4. The molecule has 3 N–H and O–H groups in total. The minimum Gasteiger partial charge on any atom is -0.463 e. The van der Waals surface area contributed by atoms with Gasteiger partial charge in [-0.05, 0) is 64.2 Å². The number of sulfonamides is 1. The summed E-state index contributed by atoms with van der Waals surface area (Å²) in [6.45, 7) is 3.87. The van der Waals surface area contributed by atoms with E-state index >= 15 is 0 Å². The average molecular weight is 700 g/mol. The van der Waals surface area contributed by atoms with E-state index in [0.29, 0.717) is 12.8 Å². The number of carbonyl (C=O) groups excluding carboxylic acids is 2.